The smallest absolute Gasteiger partial charge is 0.223 e. The van der Waals surface area contributed by atoms with Gasteiger partial charge < -0.3 is 14.4 Å². The van der Waals surface area contributed by atoms with Gasteiger partial charge in [0.2, 0.25) is 5.91 Å². The largest absolute Gasteiger partial charge is 0.497 e. The third-order valence-electron chi connectivity index (χ3n) is 4.78. The van der Waals surface area contributed by atoms with E-state index in [0.29, 0.717) is 12.2 Å². The van der Waals surface area contributed by atoms with E-state index in [1.807, 2.05) is 47.4 Å². The fourth-order valence-electron chi connectivity index (χ4n) is 3.44. The van der Waals surface area contributed by atoms with Crippen molar-refractivity contribution < 1.29 is 14.3 Å². The number of thioether (sulfide) groups is 1. The Labute approximate surface area is 169 Å². The molecule has 2 aromatic carbocycles. The zero-order chi connectivity index (χ0) is 19.2. The van der Waals surface area contributed by atoms with E-state index in [-0.39, 0.29) is 11.9 Å². The van der Waals surface area contributed by atoms with Crippen LogP contribution in [0.1, 0.15) is 30.9 Å². The first-order valence-corrected chi connectivity index (χ1v) is 10.4. The molecule has 1 saturated heterocycles. The molecule has 144 valence electrons. The van der Waals surface area contributed by atoms with Crippen molar-refractivity contribution in [3.63, 3.8) is 0 Å². The van der Waals surface area contributed by atoms with E-state index in [9.17, 15) is 4.79 Å². The van der Waals surface area contributed by atoms with Crippen LogP contribution in [0.2, 0.25) is 5.02 Å². The fraction of sp³-hybridized carbons (Fsp3) is 0.381. The Bertz CT molecular complexity index is 799. The number of carbonyl (C=O) groups is 1. The number of likely N-dealkylation sites (tertiary alicyclic amines) is 1. The van der Waals surface area contributed by atoms with Crippen molar-refractivity contribution in [3.8, 4) is 11.5 Å². The van der Waals surface area contributed by atoms with Gasteiger partial charge in [0.05, 0.1) is 25.3 Å². The number of hydrogen-bond acceptors (Lipinski definition) is 4. The highest BCUT2D eigenvalue weighted by molar-refractivity contribution is 7.99. The van der Waals surface area contributed by atoms with Crippen LogP contribution >= 0.6 is 23.4 Å². The Hall–Kier alpha value is -1.85. The Morgan fingerprint density at radius 1 is 1.22 bits per heavy atom. The summed E-state index contributed by atoms with van der Waals surface area (Å²) in [7, 11) is 3.29. The molecule has 1 atom stereocenters. The van der Waals surface area contributed by atoms with Gasteiger partial charge in [-0.2, -0.15) is 0 Å². The fourth-order valence-corrected chi connectivity index (χ4v) is 4.61. The zero-order valence-corrected chi connectivity index (χ0v) is 17.2. The number of nitrogens with zero attached hydrogens (tertiary/aromatic N) is 1. The SMILES string of the molecule is COc1ccc(C2CCCN2C(=O)CCSc2ccccc2Cl)c(OC)c1. The Balaban J connectivity index is 1.65. The van der Waals surface area contributed by atoms with E-state index in [4.69, 9.17) is 21.1 Å². The predicted octanol–water partition coefficient (Wildman–Crippen LogP) is 5.20. The Kier molecular flexibility index (Phi) is 6.91. The lowest BCUT2D eigenvalue weighted by Crippen LogP contribution is -2.31. The highest BCUT2D eigenvalue weighted by Gasteiger charge is 2.31. The summed E-state index contributed by atoms with van der Waals surface area (Å²) in [6.07, 6.45) is 2.44. The van der Waals surface area contributed by atoms with Crippen LogP contribution in [0.4, 0.5) is 0 Å². The molecule has 3 rings (SSSR count). The normalized spacial score (nSPS) is 16.4. The minimum atomic E-state index is 0.0590. The van der Waals surface area contributed by atoms with Crippen LogP contribution < -0.4 is 9.47 Å². The molecule has 0 radical (unpaired) electrons. The second-order valence-corrected chi connectivity index (χ2v) is 7.93. The molecule has 1 heterocycles. The van der Waals surface area contributed by atoms with Gasteiger partial charge in [-0.3, -0.25) is 4.79 Å². The molecule has 0 bridgehead atoms. The Morgan fingerprint density at radius 2 is 2.04 bits per heavy atom. The number of ether oxygens (including phenoxy) is 2. The van der Waals surface area contributed by atoms with Crippen molar-refractivity contribution in [3.05, 3.63) is 53.1 Å². The van der Waals surface area contributed by atoms with E-state index in [2.05, 4.69) is 0 Å². The van der Waals surface area contributed by atoms with Gasteiger partial charge >= 0.3 is 0 Å². The highest BCUT2D eigenvalue weighted by Crippen LogP contribution is 2.39. The van der Waals surface area contributed by atoms with E-state index in [1.165, 1.54) is 0 Å². The maximum atomic E-state index is 12.8. The number of rotatable bonds is 7. The van der Waals surface area contributed by atoms with Gasteiger partial charge in [0.25, 0.3) is 0 Å². The van der Waals surface area contributed by atoms with Crippen LogP contribution in [0.25, 0.3) is 0 Å². The molecule has 1 aliphatic heterocycles. The van der Waals surface area contributed by atoms with Crippen molar-refractivity contribution in [1.29, 1.82) is 0 Å². The van der Waals surface area contributed by atoms with Gasteiger partial charge in [0, 0.05) is 35.2 Å². The van der Waals surface area contributed by atoms with Gasteiger partial charge in [-0.1, -0.05) is 23.7 Å². The summed E-state index contributed by atoms with van der Waals surface area (Å²) in [4.78, 5) is 15.8. The number of halogens is 1. The number of amides is 1. The molecule has 27 heavy (non-hydrogen) atoms. The molecule has 1 amide bonds. The molecule has 4 nitrogen and oxygen atoms in total. The molecule has 1 aliphatic rings. The summed E-state index contributed by atoms with van der Waals surface area (Å²) in [6, 6.07) is 13.6. The van der Waals surface area contributed by atoms with E-state index < -0.39 is 0 Å². The summed E-state index contributed by atoms with van der Waals surface area (Å²) in [5, 5.41) is 0.733. The summed E-state index contributed by atoms with van der Waals surface area (Å²) in [5.41, 5.74) is 1.04. The van der Waals surface area contributed by atoms with Crippen molar-refractivity contribution in [1.82, 2.24) is 4.90 Å². The molecule has 6 heteroatoms. The number of carbonyl (C=O) groups excluding carboxylic acids is 1. The molecule has 0 N–H and O–H groups in total. The molecule has 0 aliphatic carbocycles. The first-order valence-electron chi connectivity index (χ1n) is 9.02. The van der Waals surface area contributed by atoms with Gasteiger partial charge in [-0.05, 0) is 37.1 Å². The van der Waals surface area contributed by atoms with Crippen LogP contribution in [-0.4, -0.2) is 37.3 Å². The Morgan fingerprint density at radius 3 is 2.78 bits per heavy atom. The van der Waals surface area contributed by atoms with Crippen LogP contribution in [0.15, 0.2) is 47.4 Å². The monoisotopic (exact) mass is 405 g/mol. The summed E-state index contributed by atoms with van der Waals surface area (Å²) < 4.78 is 10.8. The van der Waals surface area contributed by atoms with Crippen molar-refractivity contribution in [2.75, 3.05) is 26.5 Å². The first-order chi connectivity index (χ1) is 13.1. The van der Waals surface area contributed by atoms with E-state index >= 15 is 0 Å². The molecular weight excluding hydrogens is 382 g/mol. The van der Waals surface area contributed by atoms with Crippen molar-refractivity contribution in [2.45, 2.75) is 30.2 Å². The number of methoxy groups -OCH3 is 2. The first kappa shape index (κ1) is 19.9. The van der Waals surface area contributed by atoms with Crippen molar-refractivity contribution >= 4 is 29.3 Å². The topological polar surface area (TPSA) is 38.8 Å². The maximum Gasteiger partial charge on any atom is 0.223 e. The second kappa shape index (κ2) is 9.38. The lowest BCUT2D eigenvalue weighted by Gasteiger charge is -2.26. The molecule has 0 aromatic heterocycles. The van der Waals surface area contributed by atoms with Crippen LogP contribution in [-0.2, 0) is 4.79 Å². The average molecular weight is 406 g/mol. The second-order valence-electron chi connectivity index (χ2n) is 6.38. The molecule has 2 aromatic rings. The summed E-state index contributed by atoms with van der Waals surface area (Å²) >= 11 is 7.81. The predicted molar refractivity (Wildman–Crippen MR) is 110 cm³/mol. The van der Waals surface area contributed by atoms with Crippen molar-refractivity contribution in [2.24, 2.45) is 0 Å². The van der Waals surface area contributed by atoms with Crippen LogP contribution in [0, 0.1) is 0 Å². The van der Waals surface area contributed by atoms with Gasteiger partial charge in [-0.25, -0.2) is 0 Å². The van der Waals surface area contributed by atoms with Crippen LogP contribution in [0.3, 0.4) is 0 Å². The molecule has 1 unspecified atom stereocenters. The van der Waals surface area contributed by atoms with Gasteiger partial charge in [0.1, 0.15) is 11.5 Å². The lowest BCUT2D eigenvalue weighted by molar-refractivity contribution is -0.131. The van der Waals surface area contributed by atoms with E-state index in [1.54, 1.807) is 26.0 Å². The summed E-state index contributed by atoms with van der Waals surface area (Å²) in [6.45, 7) is 0.787. The minimum Gasteiger partial charge on any atom is -0.497 e. The van der Waals surface area contributed by atoms with Crippen LogP contribution in [0.5, 0.6) is 11.5 Å². The molecular formula is C21H24ClNO3S. The van der Waals surface area contributed by atoms with Gasteiger partial charge in [-0.15, -0.1) is 11.8 Å². The molecule has 1 fully saturated rings. The quantitative estimate of drug-likeness (QED) is 0.593. The minimum absolute atomic E-state index is 0.0590. The average Bonchev–Trinajstić information content (AvgIpc) is 3.18. The number of benzene rings is 2. The lowest BCUT2D eigenvalue weighted by atomic mass is 10.0. The summed E-state index contributed by atoms with van der Waals surface area (Å²) in [5.74, 6) is 2.41. The third kappa shape index (κ3) is 4.71. The maximum absolute atomic E-state index is 12.8. The van der Waals surface area contributed by atoms with E-state index in [0.717, 1.165) is 46.4 Å². The standard InChI is InChI=1S/C21H24ClNO3S/c1-25-15-9-10-16(19(14-15)26-2)18-7-5-12-23(18)21(24)11-13-27-20-8-4-3-6-17(20)22/h3-4,6,8-10,14,18H,5,7,11-13H2,1-2H3. The zero-order valence-electron chi connectivity index (χ0n) is 15.6. The van der Waals surface area contributed by atoms with Gasteiger partial charge in [0.15, 0.2) is 0 Å². The highest BCUT2D eigenvalue weighted by atomic mass is 35.5. The molecule has 0 spiro atoms. The molecule has 0 saturated carbocycles. The third-order valence-corrected chi connectivity index (χ3v) is 6.30. The number of hydrogen-bond donors (Lipinski definition) is 0.